The highest BCUT2D eigenvalue weighted by atomic mass is 32.2. The summed E-state index contributed by atoms with van der Waals surface area (Å²) in [4.78, 5) is 17.1. The van der Waals surface area contributed by atoms with Gasteiger partial charge in [-0.1, -0.05) is 12.1 Å². The Balaban J connectivity index is 1.24. The predicted octanol–water partition coefficient (Wildman–Crippen LogP) is 4.90. The zero-order valence-electron chi connectivity index (χ0n) is 19.5. The number of carbonyl (C=O) groups excluding carboxylic acids is 1. The van der Waals surface area contributed by atoms with Crippen molar-refractivity contribution < 1.29 is 26.8 Å². The first-order chi connectivity index (χ1) is 17.4. The molecule has 4 aromatic rings. The van der Waals surface area contributed by atoms with E-state index >= 15 is 0 Å². The summed E-state index contributed by atoms with van der Waals surface area (Å²) in [5.74, 6) is 0.0813. The Hall–Kier alpha value is -3.56. The predicted molar refractivity (Wildman–Crippen MR) is 131 cm³/mol. The molecule has 0 spiro atoms. The first-order valence-electron chi connectivity index (χ1n) is 11.7. The lowest BCUT2D eigenvalue weighted by molar-refractivity contribution is -0.122. The van der Waals surface area contributed by atoms with Crippen molar-refractivity contribution in [3.8, 4) is 5.75 Å². The molecule has 5 rings (SSSR count). The number of Topliss-reactive ketones (excluding diaryl/α,β-unsaturated/α-hetero) is 1. The summed E-state index contributed by atoms with van der Waals surface area (Å²) >= 11 is 0. The van der Waals surface area contributed by atoms with Crippen LogP contribution in [0.3, 0.4) is 0 Å². The number of sulfonamides is 1. The largest absolute Gasteiger partial charge is 0.489 e. The molecule has 0 unspecified atom stereocenters. The Bertz CT molecular complexity index is 1490. The molecule has 1 saturated heterocycles. The number of rotatable bonds is 9. The van der Waals surface area contributed by atoms with Gasteiger partial charge in [0.1, 0.15) is 23.8 Å². The molecule has 36 heavy (non-hydrogen) atoms. The lowest BCUT2D eigenvalue weighted by Gasteiger charge is -2.21. The van der Waals surface area contributed by atoms with Crippen LogP contribution in [0.1, 0.15) is 30.4 Å². The summed E-state index contributed by atoms with van der Waals surface area (Å²) in [5, 5.41) is 0.0866. The number of nitrogens with zero attached hydrogens (tertiary/aromatic N) is 2. The standard InChI is InChI=1S/C27H25FN2O5S/c28-22-7-9-26-21(16-22)17-27(35-26)36(32,33)30-14-2-5-24(30)25(31)8-6-19-3-1-4-23(15-19)34-18-20-10-12-29-13-11-20/h1,3-4,7,9-13,15-17,24H,2,5-6,8,14,18H2/t24-/m0/s1. The Morgan fingerprint density at radius 1 is 1.08 bits per heavy atom. The molecule has 0 bridgehead atoms. The van der Waals surface area contributed by atoms with Gasteiger partial charge in [-0.25, -0.2) is 12.8 Å². The van der Waals surface area contributed by atoms with Gasteiger partial charge in [-0.05, 0) is 72.9 Å². The molecule has 0 saturated carbocycles. The fourth-order valence-corrected chi connectivity index (χ4v) is 6.08. The van der Waals surface area contributed by atoms with Crippen molar-refractivity contribution in [1.82, 2.24) is 9.29 Å². The van der Waals surface area contributed by atoms with Gasteiger partial charge < -0.3 is 9.15 Å². The third-order valence-corrected chi connectivity index (χ3v) is 8.07. The molecule has 0 N–H and O–H groups in total. The van der Waals surface area contributed by atoms with E-state index in [0.717, 1.165) is 11.1 Å². The molecule has 2 aromatic carbocycles. The van der Waals surface area contributed by atoms with Gasteiger partial charge in [0.2, 0.25) is 5.09 Å². The second-order valence-corrected chi connectivity index (χ2v) is 10.6. The number of carbonyl (C=O) groups is 1. The van der Waals surface area contributed by atoms with Crippen LogP contribution in [0.5, 0.6) is 5.75 Å². The van der Waals surface area contributed by atoms with Crippen molar-refractivity contribution in [3.05, 3.63) is 90.0 Å². The highest BCUT2D eigenvalue weighted by Gasteiger charge is 2.40. The van der Waals surface area contributed by atoms with E-state index in [9.17, 15) is 17.6 Å². The van der Waals surface area contributed by atoms with Crippen LogP contribution in [0.2, 0.25) is 0 Å². The van der Waals surface area contributed by atoms with Crippen molar-refractivity contribution in [2.24, 2.45) is 0 Å². The van der Waals surface area contributed by atoms with E-state index in [2.05, 4.69) is 4.98 Å². The average Bonchev–Trinajstić information content (AvgIpc) is 3.55. The summed E-state index contributed by atoms with van der Waals surface area (Å²) in [5.41, 5.74) is 2.22. The van der Waals surface area contributed by atoms with Gasteiger partial charge in [-0.3, -0.25) is 9.78 Å². The summed E-state index contributed by atoms with van der Waals surface area (Å²) < 4.78 is 52.6. The van der Waals surface area contributed by atoms with E-state index in [1.807, 2.05) is 36.4 Å². The zero-order valence-corrected chi connectivity index (χ0v) is 20.3. The van der Waals surface area contributed by atoms with Gasteiger partial charge in [0.15, 0.2) is 5.78 Å². The third-order valence-electron chi connectivity index (χ3n) is 6.31. The maximum Gasteiger partial charge on any atom is 0.277 e. The van der Waals surface area contributed by atoms with Crippen LogP contribution in [0, 0.1) is 5.82 Å². The number of fused-ring (bicyclic) bond motifs is 1. The van der Waals surface area contributed by atoms with Crippen LogP contribution in [-0.2, 0) is 27.8 Å². The van der Waals surface area contributed by atoms with Gasteiger partial charge >= 0.3 is 0 Å². The van der Waals surface area contributed by atoms with E-state index in [-0.39, 0.29) is 29.4 Å². The SMILES string of the molecule is O=C(CCc1cccc(OCc2ccncc2)c1)[C@@H]1CCCN1S(=O)(=O)c1cc2cc(F)ccc2o1. The molecular weight excluding hydrogens is 483 g/mol. The second-order valence-electron chi connectivity index (χ2n) is 8.78. The van der Waals surface area contributed by atoms with Crippen LogP contribution in [0.4, 0.5) is 4.39 Å². The summed E-state index contributed by atoms with van der Waals surface area (Å²) in [6.45, 7) is 0.650. The number of ether oxygens (including phenoxy) is 1. The summed E-state index contributed by atoms with van der Waals surface area (Å²) in [7, 11) is -4.03. The number of hydrogen-bond donors (Lipinski definition) is 0. The Morgan fingerprint density at radius 3 is 2.75 bits per heavy atom. The number of ketones is 1. The Morgan fingerprint density at radius 2 is 1.92 bits per heavy atom. The minimum absolute atomic E-state index is 0.138. The molecule has 186 valence electrons. The molecule has 1 aliphatic heterocycles. The zero-order chi connectivity index (χ0) is 25.1. The molecule has 2 aromatic heterocycles. The topological polar surface area (TPSA) is 89.7 Å². The highest BCUT2D eigenvalue weighted by molar-refractivity contribution is 7.89. The average molecular weight is 509 g/mol. The van der Waals surface area contributed by atoms with Crippen molar-refractivity contribution in [2.75, 3.05) is 6.54 Å². The van der Waals surface area contributed by atoms with Gasteiger partial charge in [0, 0.05) is 36.8 Å². The van der Waals surface area contributed by atoms with E-state index in [1.165, 1.54) is 28.6 Å². The number of pyridine rings is 1. The quantitative estimate of drug-likeness (QED) is 0.319. The fourth-order valence-electron chi connectivity index (χ4n) is 4.45. The fraction of sp³-hybridized carbons (Fsp3) is 0.259. The Kier molecular flexibility index (Phi) is 6.84. The number of aromatic nitrogens is 1. The normalized spacial score (nSPS) is 16.4. The summed E-state index contributed by atoms with van der Waals surface area (Å²) in [6.07, 6.45) is 5.14. The smallest absolute Gasteiger partial charge is 0.277 e. The highest BCUT2D eigenvalue weighted by Crippen LogP contribution is 2.31. The maximum absolute atomic E-state index is 13.5. The van der Waals surface area contributed by atoms with Crippen LogP contribution in [0.15, 0.2) is 82.6 Å². The minimum Gasteiger partial charge on any atom is -0.489 e. The minimum atomic E-state index is -4.03. The van der Waals surface area contributed by atoms with Gasteiger partial charge in [-0.2, -0.15) is 4.31 Å². The van der Waals surface area contributed by atoms with E-state index < -0.39 is 21.9 Å². The van der Waals surface area contributed by atoms with Crippen LogP contribution < -0.4 is 4.74 Å². The van der Waals surface area contributed by atoms with Crippen molar-refractivity contribution >= 4 is 26.8 Å². The van der Waals surface area contributed by atoms with Gasteiger partial charge in [0.25, 0.3) is 10.0 Å². The molecule has 0 radical (unpaired) electrons. The van der Waals surface area contributed by atoms with E-state index in [4.69, 9.17) is 9.15 Å². The van der Waals surface area contributed by atoms with Crippen LogP contribution in [-0.4, -0.2) is 36.1 Å². The number of halogens is 1. The van der Waals surface area contributed by atoms with Crippen LogP contribution >= 0.6 is 0 Å². The molecule has 7 nitrogen and oxygen atoms in total. The van der Waals surface area contributed by atoms with E-state index in [1.54, 1.807) is 12.4 Å². The lowest BCUT2D eigenvalue weighted by atomic mass is 10.0. The molecule has 3 heterocycles. The molecular formula is C27H25FN2O5S. The van der Waals surface area contributed by atoms with Crippen molar-refractivity contribution in [2.45, 2.75) is 43.4 Å². The van der Waals surface area contributed by atoms with Crippen molar-refractivity contribution in [3.63, 3.8) is 0 Å². The maximum atomic E-state index is 13.5. The molecule has 9 heteroatoms. The Labute approximate surface area is 208 Å². The van der Waals surface area contributed by atoms with Crippen LogP contribution in [0.25, 0.3) is 11.0 Å². The van der Waals surface area contributed by atoms with E-state index in [0.29, 0.717) is 37.0 Å². The summed E-state index contributed by atoms with van der Waals surface area (Å²) in [6, 6.07) is 15.7. The van der Waals surface area contributed by atoms with Gasteiger partial charge in [0.05, 0.1) is 6.04 Å². The number of hydrogen-bond acceptors (Lipinski definition) is 6. The first kappa shape index (κ1) is 24.1. The molecule has 0 amide bonds. The molecule has 1 aliphatic rings. The second kappa shape index (κ2) is 10.2. The number of furan rings is 1. The number of aryl methyl sites for hydroxylation is 1. The molecule has 0 aliphatic carbocycles. The van der Waals surface area contributed by atoms with Crippen molar-refractivity contribution in [1.29, 1.82) is 0 Å². The van der Waals surface area contributed by atoms with Gasteiger partial charge in [-0.15, -0.1) is 0 Å². The molecule has 1 atom stereocenters. The number of benzene rings is 2. The molecule has 1 fully saturated rings. The monoisotopic (exact) mass is 508 g/mol. The first-order valence-corrected chi connectivity index (χ1v) is 13.2. The third kappa shape index (κ3) is 5.17. The lowest BCUT2D eigenvalue weighted by Crippen LogP contribution is -2.40.